The lowest BCUT2D eigenvalue weighted by atomic mass is 9.94. The number of benzene rings is 2. The first-order valence-corrected chi connectivity index (χ1v) is 12.4. The van der Waals surface area contributed by atoms with Gasteiger partial charge < -0.3 is 14.2 Å². The second-order valence-corrected chi connectivity index (χ2v) is 9.55. The number of anilines is 1. The van der Waals surface area contributed by atoms with E-state index in [0.29, 0.717) is 23.7 Å². The third-order valence-corrected chi connectivity index (χ3v) is 7.10. The molecule has 7 heteroatoms. The lowest BCUT2D eigenvalue weighted by Crippen LogP contribution is -2.53. The summed E-state index contributed by atoms with van der Waals surface area (Å²) in [6.45, 7) is 9.89. The highest BCUT2D eigenvalue weighted by atomic mass is 16.4. The standard InChI is InChI=1S/C27H33N5O2/c1-20(2)30-15-17-32(18-16-30)27(33)22-11-13-31(14-12-22)24-10-6-9-23(19-24)26-29-28-25(34-26)21-7-4-3-5-8-21/h3-10,19-20,22H,11-18H2,1-2H3. The number of carbonyl (C=O) groups is 1. The van der Waals surface area contributed by atoms with E-state index in [0.717, 1.165) is 68.9 Å². The van der Waals surface area contributed by atoms with Crippen molar-refractivity contribution >= 4 is 11.6 Å². The Morgan fingerprint density at radius 2 is 1.50 bits per heavy atom. The van der Waals surface area contributed by atoms with Crippen LogP contribution in [0.15, 0.2) is 59.0 Å². The van der Waals surface area contributed by atoms with E-state index in [-0.39, 0.29) is 5.92 Å². The van der Waals surface area contributed by atoms with Crippen molar-refractivity contribution in [2.45, 2.75) is 32.7 Å². The third-order valence-electron chi connectivity index (χ3n) is 7.10. The molecule has 0 bridgehead atoms. The maximum atomic E-state index is 13.1. The molecular formula is C27H33N5O2. The Balaban J connectivity index is 1.20. The van der Waals surface area contributed by atoms with E-state index < -0.39 is 0 Å². The molecule has 2 aliphatic heterocycles. The summed E-state index contributed by atoms with van der Waals surface area (Å²) in [6, 6.07) is 18.6. The average molecular weight is 460 g/mol. The molecule has 0 atom stereocenters. The molecule has 7 nitrogen and oxygen atoms in total. The Labute approximate surface area is 201 Å². The number of amides is 1. The van der Waals surface area contributed by atoms with E-state index in [1.54, 1.807) is 0 Å². The molecule has 0 aliphatic carbocycles. The normalized spacial score (nSPS) is 18.0. The molecule has 0 saturated carbocycles. The first-order chi connectivity index (χ1) is 16.6. The van der Waals surface area contributed by atoms with Gasteiger partial charge in [-0.25, -0.2) is 0 Å². The van der Waals surface area contributed by atoms with Gasteiger partial charge in [-0.15, -0.1) is 10.2 Å². The fourth-order valence-corrected chi connectivity index (χ4v) is 4.97. The molecule has 1 aromatic heterocycles. The molecule has 3 heterocycles. The van der Waals surface area contributed by atoms with Gasteiger partial charge in [0.25, 0.3) is 0 Å². The number of hydrogen-bond donors (Lipinski definition) is 0. The molecule has 2 aliphatic rings. The second-order valence-electron chi connectivity index (χ2n) is 9.55. The molecule has 34 heavy (non-hydrogen) atoms. The lowest BCUT2D eigenvalue weighted by molar-refractivity contribution is -0.138. The van der Waals surface area contributed by atoms with Crippen LogP contribution in [0.5, 0.6) is 0 Å². The average Bonchev–Trinajstić information content (AvgIpc) is 3.40. The molecular weight excluding hydrogens is 426 g/mol. The number of piperazine rings is 1. The summed E-state index contributed by atoms with van der Waals surface area (Å²) < 4.78 is 5.94. The van der Waals surface area contributed by atoms with Crippen molar-refractivity contribution in [2.75, 3.05) is 44.2 Å². The van der Waals surface area contributed by atoms with Crippen molar-refractivity contribution in [3.05, 3.63) is 54.6 Å². The molecule has 0 unspecified atom stereocenters. The van der Waals surface area contributed by atoms with Gasteiger partial charge in [-0.2, -0.15) is 0 Å². The molecule has 0 spiro atoms. The van der Waals surface area contributed by atoms with Crippen molar-refractivity contribution in [3.8, 4) is 22.9 Å². The molecule has 5 rings (SSSR count). The SMILES string of the molecule is CC(C)N1CCN(C(=O)C2CCN(c3cccc(-c4nnc(-c5ccccc5)o4)c3)CC2)CC1. The van der Waals surface area contributed by atoms with E-state index in [9.17, 15) is 4.79 Å². The van der Waals surface area contributed by atoms with E-state index in [1.807, 2.05) is 42.5 Å². The maximum absolute atomic E-state index is 13.1. The molecule has 178 valence electrons. The minimum atomic E-state index is 0.134. The van der Waals surface area contributed by atoms with Crippen molar-refractivity contribution in [1.29, 1.82) is 0 Å². The Morgan fingerprint density at radius 3 is 2.18 bits per heavy atom. The second kappa shape index (κ2) is 9.97. The molecule has 0 N–H and O–H groups in total. The third kappa shape index (κ3) is 4.85. The highest BCUT2D eigenvalue weighted by molar-refractivity contribution is 5.79. The van der Waals surface area contributed by atoms with Crippen LogP contribution < -0.4 is 4.90 Å². The van der Waals surface area contributed by atoms with Crippen molar-refractivity contribution in [2.24, 2.45) is 5.92 Å². The predicted octanol–water partition coefficient (Wildman–Crippen LogP) is 4.17. The van der Waals surface area contributed by atoms with Crippen LogP contribution in [0.4, 0.5) is 5.69 Å². The number of hydrogen-bond acceptors (Lipinski definition) is 6. The minimum absolute atomic E-state index is 0.134. The van der Waals surface area contributed by atoms with E-state index in [1.165, 1.54) is 0 Å². The van der Waals surface area contributed by atoms with Gasteiger partial charge in [0, 0.05) is 68.0 Å². The zero-order valence-corrected chi connectivity index (χ0v) is 20.1. The quantitative estimate of drug-likeness (QED) is 0.571. The number of carbonyl (C=O) groups excluding carboxylic acids is 1. The summed E-state index contributed by atoms with van der Waals surface area (Å²) in [5, 5.41) is 8.48. The first-order valence-electron chi connectivity index (χ1n) is 12.4. The fraction of sp³-hybridized carbons (Fsp3) is 0.444. The predicted molar refractivity (Wildman–Crippen MR) is 133 cm³/mol. The van der Waals surface area contributed by atoms with Gasteiger partial charge in [-0.1, -0.05) is 24.3 Å². The van der Waals surface area contributed by atoms with Gasteiger partial charge in [-0.3, -0.25) is 9.69 Å². The van der Waals surface area contributed by atoms with Crippen molar-refractivity contribution < 1.29 is 9.21 Å². The van der Waals surface area contributed by atoms with Gasteiger partial charge in [0.15, 0.2) is 0 Å². The van der Waals surface area contributed by atoms with E-state index in [2.05, 4.69) is 50.9 Å². The molecule has 0 radical (unpaired) electrons. The van der Waals surface area contributed by atoms with Crippen LogP contribution >= 0.6 is 0 Å². The van der Waals surface area contributed by atoms with Gasteiger partial charge in [-0.05, 0) is 57.0 Å². The van der Waals surface area contributed by atoms with Gasteiger partial charge >= 0.3 is 0 Å². The summed E-state index contributed by atoms with van der Waals surface area (Å²) in [4.78, 5) is 20.0. The smallest absolute Gasteiger partial charge is 0.248 e. The summed E-state index contributed by atoms with van der Waals surface area (Å²) in [5.41, 5.74) is 2.96. The van der Waals surface area contributed by atoms with Crippen LogP contribution in [-0.4, -0.2) is 71.2 Å². The first kappa shape index (κ1) is 22.6. The van der Waals surface area contributed by atoms with Crippen LogP contribution in [0, 0.1) is 5.92 Å². The number of piperidine rings is 1. The van der Waals surface area contributed by atoms with Crippen LogP contribution in [-0.2, 0) is 4.79 Å². The summed E-state index contributed by atoms with van der Waals surface area (Å²) in [7, 11) is 0. The lowest BCUT2D eigenvalue weighted by Gasteiger charge is -2.40. The summed E-state index contributed by atoms with van der Waals surface area (Å²) in [5.74, 6) is 1.52. The van der Waals surface area contributed by atoms with Crippen LogP contribution in [0.25, 0.3) is 22.9 Å². The topological polar surface area (TPSA) is 65.7 Å². The number of nitrogens with zero attached hydrogens (tertiary/aromatic N) is 5. The van der Waals surface area contributed by atoms with Crippen molar-refractivity contribution in [1.82, 2.24) is 20.0 Å². The molecule has 3 aromatic rings. The number of rotatable bonds is 5. The molecule has 2 aromatic carbocycles. The molecule has 2 saturated heterocycles. The Bertz CT molecular complexity index is 1100. The summed E-state index contributed by atoms with van der Waals surface area (Å²) >= 11 is 0. The van der Waals surface area contributed by atoms with Gasteiger partial charge in [0.05, 0.1) is 0 Å². The Hall–Kier alpha value is -3.19. The van der Waals surface area contributed by atoms with Gasteiger partial charge in [0.1, 0.15) is 0 Å². The Kier molecular flexibility index (Phi) is 6.63. The maximum Gasteiger partial charge on any atom is 0.248 e. The van der Waals surface area contributed by atoms with Crippen molar-refractivity contribution in [3.63, 3.8) is 0 Å². The molecule has 2 fully saturated rings. The van der Waals surface area contributed by atoms with Gasteiger partial charge in [0.2, 0.25) is 17.7 Å². The highest BCUT2D eigenvalue weighted by Gasteiger charge is 2.31. The largest absolute Gasteiger partial charge is 0.416 e. The van der Waals surface area contributed by atoms with Crippen LogP contribution in [0.3, 0.4) is 0 Å². The summed E-state index contributed by atoms with van der Waals surface area (Å²) in [6.07, 6.45) is 1.79. The molecule has 1 amide bonds. The fourth-order valence-electron chi connectivity index (χ4n) is 4.97. The van der Waals surface area contributed by atoms with Crippen LogP contribution in [0.1, 0.15) is 26.7 Å². The zero-order valence-electron chi connectivity index (χ0n) is 20.1. The number of aromatic nitrogens is 2. The Morgan fingerprint density at radius 1 is 0.853 bits per heavy atom. The van der Waals surface area contributed by atoms with Crippen LogP contribution in [0.2, 0.25) is 0 Å². The van der Waals surface area contributed by atoms with E-state index >= 15 is 0 Å². The minimum Gasteiger partial charge on any atom is -0.416 e. The highest BCUT2D eigenvalue weighted by Crippen LogP contribution is 2.30. The monoisotopic (exact) mass is 459 g/mol. The zero-order chi connectivity index (χ0) is 23.5. The van der Waals surface area contributed by atoms with E-state index in [4.69, 9.17) is 4.42 Å².